The summed E-state index contributed by atoms with van der Waals surface area (Å²) < 4.78 is 0. The zero-order valence-electron chi connectivity index (χ0n) is 5.84. The van der Waals surface area contributed by atoms with Gasteiger partial charge in [-0.3, -0.25) is 4.79 Å². The highest BCUT2D eigenvalue weighted by atomic mass is 16.2. The highest BCUT2D eigenvalue weighted by Crippen LogP contribution is 2.51. The molecule has 0 aromatic carbocycles. The number of β-lactam (4-membered cyclic amide) rings is 1. The maximum atomic E-state index is 11.0. The summed E-state index contributed by atoms with van der Waals surface area (Å²) in [7, 11) is 0. The van der Waals surface area contributed by atoms with Crippen molar-refractivity contribution in [2.45, 2.75) is 25.3 Å². The SMILES string of the molecule is O=C1N[C@@H]2[C@@H]3CC[C@@H](C3)[C@@H]12. The highest BCUT2D eigenvalue weighted by molar-refractivity contribution is 5.87. The van der Waals surface area contributed by atoms with Crippen molar-refractivity contribution in [3.05, 3.63) is 0 Å². The van der Waals surface area contributed by atoms with Crippen molar-refractivity contribution in [2.24, 2.45) is 17.8 Å². The first-order valence-electron chi connectivity index (χ1n) is 4.16. The normalized spacial score (nSPS) is 55.8. The molecular formula is C8H11NO. The molecule has 2 aliphatic carbocycles. The Bertz CT molecular complexity index is 199. The summed E-state index contributed by atoms with van der Waals surface area (Å²) in [6.07, 6.45) is 4.01. The van der Waals surface area contributed by atoms with E-state index >= 15 is 0 Å². The molecule has 1 saturated heterocycles. The molecule has 0 aromatic rings. The summed E-state index contributed by atoms with van der Waals surface area (Å²) in [6.45, 7) is 0. The molecule has 2 nitrogen and oxygen atoms in total. The van der Waals surface area contributed by atoms with Crippen LogP contribution >= 0.6 is 0 Å². The fourth-order valence-corrected chi connectivity index (χ4v) is 3.04. The van der Waals surface area contributed by atoms with E-state index in [1.54, 1.807) is 0 Å². The third-order valence-corrected chi connectivity index (χ3v) is 3.53. The first-order valence-corrected chi connectivity index (χ1v) is 4.16. The van der Waals surface area contributed by atoms with Crippen LogP contribution in [0.15, 0.2) is 0 Å². The lowest BCUT2D eigenvalue weighted by Crippen LogP contribution is -2.60. The maximum absolute atomic E-state index is 11.0. The molecule has 10 heavy (non-hydrogen) atoms. The minimum atomic E-state index is 0.331. The lowest BCUT2D eigenvalue weighted by Gasteiger charge is -2.39. The van der Waals surface area contributed by atoms with Gasteiger partial charge in [-0.05, 0) is 31.1 Å². The summed E-state index contributed by atoms with van der Waals surface area (Å²) >= 11 is 0. The van der Waals surface area contributed by atoms with Crippen LogP contribution in [0.3, 0.4) is 0 Å². The van der Waals surface area contributed by atoms with Crippen molar-refractivity contribution in [1.29, 1.82) is 0 Å². The van der Waals surface area contributed by atoms with Crippen LogP contribution in [0.4, 0.5) is 0 Å². The van der Waals surface area contributed by atoms with Gasteiger partial charge in [-0.15, -0.1) is 0 Å². The predicted molar refractivity (Wildman–Crippen MR) is 36.3 cm³/mol. The molecule has 2 heteroatoms. The molecule has 54 valence electrons. The van der Waals surface area contributed by atoms with Gasteiger partial charge in [0, 0.05) is 6.04 Å². The van der Waals surface area contributed by atoms with Gasteiger partial charge in [0.05, 0.1) is 5.92 Å². The standard InChI is InChI=1S/C8H11NO/c10-8-6-4-1-2-5(3-4)7(6)9-8/h4-7H,1-3H2,(H,9,10)/t4-,5+,6+,7+/m0/s1. The fraction of sp³-hybridized carbons (Fsp3) is 0.875. The minimum Gasteiger partial charge on any atom is -0.352 e. The first kappa shape index (κ1) is 5.16. The van der Waals surface area contributed by atoms with E-state index < -0.39 is 0 Å². The van der Waals surface area contributed by atoms with Crippen LogP contribution in [0, 0.1) is 17.8 Å². The molecule has 0 aromatic heterocycles. The molecule has 1 heterocycles. The van der Waals surface area contributed by atoms with Gasteiger partial charge in [0.15, 0.2) is 0 Å². The molecule has 3 rings (SSSR count). The number of carbonyl (C=O) groups is 1. The summed E-state index contributed by atoms with van der Waals surface area (Å²) in [5, 5.41) is 3.00. The molecular weight excluding hydrogens is 126 g/mol. The molecule has 1 aliphatic heterocycles. The predicted octanol–water partition coefficient (Wildman–Crippen LogP) is 0.531. The Morgan fingerprint density at radius 2 is 2.10 bits per heavy atom. The molecule has 3 aliphatic rings. The van der Waals surface area contributed by atoms with Crippen LogP contribution in [-0.4, -0.2) is 11.9 Å². The van der Waals surface area contributed by atoms with Crippen molar-refractivity contribution in [3.63, 3.8) is 0 Å². The number of amides is 1. The van der Waals surface area contributed by atoms with E-state index in [9.17, 15) is 4.79 Å². The summed E-state index contributed by atoms with van der Waals surface area (Å²) in [5.41, 5.74) is 0. The van der Waals surface area contributed by atoms with Gasteiger partial charge in [-0.2, -0.15) is 0 Å². The van der Waals surface area contributed by atoms with E-state index in [1.165, 1.54) is 19.3 Å². The van der Waals surface area contributed by atoms with Crippen LogP contribution in [0.1, 0.15) is 19.3 Å². The number of nitrogens with one attached hydrogen (secondary N) is 1. The van der Waals surface area contributed by atoms with Gasteiger partial charge in [0.1, 0.15) is 0 Å². The molecule has 0 spiro atoms. The fourth-order valence-electron chi connectivity index (χ4n) is 3.04. The Kier molecular flexibility index (Phi) is 0.715. The van der Waals surface area contributed by atoms with Gasteiger partial charge in [0.2, 0.25) is 5.91 Å². The maximum Gasteiger partial charge on any atom is 0.225 e. The number of carbonyl (C=O) groups excluding carboxylic acids is 1. The molecule has 2 saturated carbocycles. The van der Waals surface area contributed by atoms with Crippen LogP contribution in [-0.2, 0) is 4.79 Å². The summed E-state index contributed by atoms with van der Waals surface area (Å²) in [4.78, 5) is 11.0. The second-order valence-corrected chi connectivity index (χ2v) is 3.89. The monoisotopic (exact) mass is 137 g/mol. The molecule has 1 N–H and O–H groups in total. The van der Waals surface area contributed by atoms with E-state index in [4.69, 9.17) is 0 Å². The summed E-state index contributed by atoms with van der Waals surface area (Å²) in [5.74, 6) is 2.40. The van der Waals surface area contributed by atoms with Crippen molar-refractivity contribution in [1.82, 2.24) is 5.32 Å². The van der Waals surface area contributed by atoms with Crippen LogP contribution in [0.5, 0.6) is 0 Å². The average molecular weight is 137 g/mol. The van der Waals surface area contributed by atoms with Gasteiger partial charge >= 0.3 is 0 Å². The zero-order valence-corrected chi connectivity index (χ0v) is 5.84. The lowest BCUT2D eigenvalue weighted by atomic mass is 9.78. The topological polar surface area (TPSA) is 29.1 Å². The minimum absolute atomic E-state index is 0.331. The largest absolute Gasteiger partial charge is 0.352 e. The molecule has 1 amide bonds. The van der Waals surface area contributed by atoms with Crippen LogP contribution in [0.2, 0.25) is 0 Å². The molecule has 0 unspecified atom stereocenters. The van der Waals surface area contributed by atoms with Crippen LogP contribution < -0.4 is 5.32 Å². The Labute approximate surface area is 60.0 Å². The van der Waals surface area contributed by atoms with E-state index in [0.717, 1.165) is 11.8 Å². The molecule has 3 fully saturated rings. The average Bonchev–Trinajstić information content (AvgIpc) is 2.40. The van der Waals surface area contributed by atoms with Crippen LogP contribution in [0.25, 0.3) is 0 Å². The molecule has 2 bridgehead atoms. The van der Waals surface area contributed by atoms with Gasteiger partial charge < -0.3 is 5.32 Å². The summed E-state index contributed by atoms with van der Waals surface area (Å²) in [6, 6.07) is 0.603. The van der Waals surface area contributed by atoms with Gasteiger partial charge in [-0.25, -0.2) is 0 Å². The Morgan fingerprint density at radius 3 is 2.70 bits per heavy atom. The molecule has 0 radical (unpaired) electrons. The van der Waals surface area contributed by atoms with E-state index in [2.05, 4.69) is 5.32 Å². The second-order valence-electron chi connectivity index (χ2n) is 3.89. The lowest BCUT2D eigenvalue weighted by molar-refractivity contribution is -0.137. The third kappa shape index (κ3) is 0.386. The smallest absolute Gasteiger partial charge is 0.225 e. The molecule has 4 atom stereocenters. The Morgan fingerprint density at radius 1 is 1.30 bits per heavy atom. The number of rotatable bonds is 0. The third-order valence-electron chi connectivity index (χ3n) is 3.53. The highest BCUT2D eigenvalue weighted by Gasteiger charge is 2.57. The van der Waals surface area contributed by atoms with Crippen molar-refractivity contribution >= 4 is 5.91 Å². The van der Waals surface area contributed by atoms with Gasteiger partial charge in [0.25, 0.3) is 0 Å². The number of hydrogen-bond donors (Lipinski definition) is 1. The number of hydrogen-bond acceptors (Lipinski definition) is 1. The van der Waals surface area contributed by atoms with Crippen molar-refractivity contribution < 1.29 is 4.79 Å². The number of fused-ring (bicyclic) bond motifs is 5. The van der Waals surface area contributed by atoms with E-state index in [0.29, 0.717) is 17.9 Å². The van der Waals surface area contributed by atoms with Crippen molar-refractivity contribution in [2.75, 3.05) is 0 Å². The second kappa shape index (κ2) is 1.39. The first-order chi connectivity index (χ1) is 4.86. The quantitative estimate of drug-likeness (QED) is 0.485. The van der Waals surface area contributed by atoms with E-state index in [1.807, 2.05) is 0 Å². The Hall–Kier alpha value is -0.530. The van der Waals surface area contributed by atoms with Crippen molar-refractivity contribution in [3.8, 4) is 0 Å². The van der Waals surface area contributed by atoms with E-state index in [-0.39, 0.29) is 0 Å². The van der Waals surface area contributed by atoms with Gasteiger partial charge in [-0.1, -0.05) is 0 Å². The zero-order chi connectivity index (χ0) is 6.72. The Balaban J connectivity index is 1.95.